The first-order valence-electron chi connectivity index (χ1n) is 5.53. The van der Waals surface area contributed by atoms with Gasteiger partial charge in [-0.05, 0) is 60.9 Å². The second-order valence-electron chi connectivity index (χ2n) is 4.86. The van der Waals surface area contributed by atoms with Crippen LogP contribution in [-0.2, 0) is 0 Å². The fourth-order valence-electron chi connectivity index (χ4n) is 2.51. The highest BCUT2D eigenvalue weighted by atomic mass is 19.1. The van der Waals surface area contributed by atoms with E-state index in [1.165, 1.54) is 6.42 Å². The first kappa shape index (κ1) is 10.6. The van der Waals surface area contributed by atoms with Crippen molar-refractivity contribution < 1.29 is 4.39 Å². The fourth-order valence-corrected chi connectivity index (χ4v) is 2.51. The van der Waals surface area contributed by atoms with Crippen molar-refractivity contribution in [3.05, 3.63) is 34.6 Å². The van der Waals surface area contributed by atoms with Gasteiger partial charge in [-0.15, -0.1) is 0 Å². The SMILES string of the molecule is Cc1cc(F)cc(C)c1C(N)C1CC1C. The molecule has 82 valence electrons. The average molecular weight is 207 g/mol. The summed E-state index contributed by atoms with van der Waals surface area (Å²) >= 11 is 0. The van der Waals surface area contributed by atoms with Crippen LogP contribution in [0.5, 0.6) is 0 Å². The highest BCUT2D eigenvalue weighted by Gasteiger charge is 2.39. The van der Waals surface area contributed by atoms with Crippen LogP contribution in [0.3, 0.4) is 0 Å². The summed E-state index contributed by atoms with van der Waals surface area (Å²) in [6.07, 6.45) is 1.21. The normalized spacial score (nSPS) is 26.5. The lowest BCUT2D eigenvalue weighted by Gasteiger charge is -2.17. The van der Waals surface area contributed by atoms with Gasteiger partial charge in [0, 0.05) is 6.04 Å². The van der Waals surface area contributed by atoms with Gasteiger partial charge in [0.05, 0.1) is 0 Å². The summed E-state index contributed by atoms with van der Waals surface area (Å²) in [7, 11) is 0. The summed E-state index contributed by atoms with van der Waals surface area (Å²) in [6, 6.07) is 3.24. The molecule has 0 bridgehead atoms. The number of aryl methyl sites for hydroxylation is 2. The van der Waals surface area contributed by atoms with Crippen LogP contribution >= 0.6 is 0 Å². The molecule has 0 heterocycles. The monoisotopic (exact) mass is 207 g/mol. The van der Waals surface area contributed by atoms with Crippen LogP contribution in [-0.4, -0.2) is 0 Å². The summed E-state index contributed by atoms with van der Waals surface area (Å²) in [6.45, 7) is 6.11. The van der Waals surface area contributed by atoms with E-state index in [1.807, 2.05) is 13.8 Å². The summed E-state index contributed by atoms with van der Waals surface area (Å²) in [4.78, 5) is 0. The van der Waals surface area contributed by atoms with Crippen LogP contribution < -0.4 is 5.73 Å². The number of nitrogens with two attached hydrogens (primary N) is 1. The highest BCUT2D eigenvalue weighted by Crippen LogP contribution is 2.46. The van der Waals surface area contributed by atoms with Crippen molar-refractivity contribution in [2.75, 3.05) is 0 Å². The molecule has 2 N–H and O–H groups in total. The molecule has 0 aliphatic heterocycles. The largest absolute Gasteiger partial charge is 0.324 e. The van der Waals surface area contributed by atoms with Crippen molar-refractivity contribution in [2.24, 2.45) is 17.6 Å². The number of hydrogen-bond donors (Lipinski definition) is 1. The molecule has 1 aliphatic carbocycles. The lowest BCUT2D eigenvalue weighted by molar-refractivity contribution is 0.580. The van der Waals surface area contributed by atoms with Crippen molar-refractivity contribution >= 4 is 0 Å². The molecule has 1 saturated carbocycles. The van der Waals surface area contributed by atoms with Gasteiger partial charge >= 0.3 is 0 Å². The molecular weight excluding hydrogens is 189 g/mol. The molecule has 0 amide bonds. The van der Waals surface area contributed by atoms with Gasteiger partial charge in [0.15, 0.2) is 0 Å². The van der Waals surface area contributed by atoms with Crippen LogP contribution in [0.1, 0.15) is 36.1 Å². The molecular formula is C13H18FN. The standard InChI is InChI=1S/C13H18FN/c1-7-6-11(7)13(15)12-8(2)4-10(14)5-9(12)3/h4-5,7,11,13H,6,15H2,1-3H3. The van der Waals surface area contributed by atoms with Gasteiger partial charge in [-0.25, -0.2) is 4.39 Å². The topological polar surface area (TPSA) is 26.0 Å². The number of hydrogen-bond acceptors (Lipinski definition) is 1. The zero-order chi connectivity index (χ0) is 11.2. The summed E-state index contributed by atoms with van der Waals surface area (Å²) < 4.78 is 13.1. The van der Waals surface area contributed by atoms with Crippen LogP contribution in [0.15, 0.2) is 12.1 Å². The van der Waals surface area contributed by atoms with Gasteiger partial charge in [0.2, 0.25) is 0 Å². The summed E-state index contributed by atoms with van der Waals surface area (Å²) in [5, 5.41) is 0. The van der Waals surface area contributed by atoms with E-state index in [1.54, 1.807) is 12.1 Å². The molecule has 1 aromatic rings. The quantitative estimate of drug-likeness (QED) is 0.792. The molecule has 2 heteroatoms. The third kappa shape index (κ3) is 1.91. The number of benzene rings is 1. The van der Waals surface area contributed by atoms with E-state index in [0.29, 0.717) is 5.92 Å². The van der Waals surface area contributed by atoms with Gasteiger partial charge in [0.25, 0.3) is 0 Å². The molecule has 1 aromatic carbocycles. The zero-order valence-corrected chi connectivity index (χ0v) is 9.55. The Bertz CT molecular complexity index is 363. The van der Waals surface area contributed by atoms with Crippen LogP contribution in [0.2, 0.25) is 0 Å². The maximum atomic E-state index is 13.1. The van der Waals surface area contributed by atoms with Gasteiger partial charge in [-0.3, -0.25) is 0 Å². The Hall–Kier alpha value is -0.890. The Morgan fingerprint density at radius 1 is 1.33 bits per heavy atom. The molecule has 1 fully saturated rings. The third-order valence-electron chi connectivity index (χ3n) is 3.52. The molecule has 0 saturated heterocycles. The molecule has 1 nitrogen and oxygen atoms in total. The van der Waals surface area contributed by atoms with Gasteiger partial charge in [-0.2, -0.15) is 0 Å². The van der Waals surface area contributed by atoms with E-state index >= 15 is 0 Å². The van der Waals surface area contributed by atoms with E-state index in [-0.39, 0.29) is 11.9 Å². The molecule has 3 unspecified atom stereocenters. The Morgan fingerprint density at radius 3 is 2.20 bits per heavy atom. The summed E-state index contributed by atoms with van der Waals surface area (Å²) in [5.74, 6) is 1.15. The molecule has 15 heavy (non-hydrogen) atoms. The maximum Gasteiger partial charge on any atom is 0.123 e. The Labute approximate surface area is 90.5 Å². The van der Waals surface area contributed by atoms with Crippen molar-refractivity contribution in [3.8, 4) is 0 Å². The van der Waals surface area contributed by atoms with Crippen molar-refractivity contribution in [3.63, 3.8) is 0 Å². The van der Waals surface area contributed by atoms with Crippen molar-refractivity contribution in [1.29, 1.82) is 0 Å². The highest BCUT2D eigenvalue weighted by molar-refractivity contribution is 5.37. The Kier molecular flexibility index (Phi) is 2.55. The Balaban J connectivity index is 2.35. The van der Waals surface area contributed by atoms with Gasteiger partial charge in [0.1, 0.15) is 5.82 Å². The predicted octanol–water partition coefficient (Wildman–Crippen LogP) is 3.10. The molecule has 0 radical (unpaired) electrons. The van der Waals surface area contributed by atoms with Gasteiger partial charge < -0.3 is 5.73 Å². The molecule has 1 aliphatic rings. The lowest BCUT2D eigenvalue weighted by Crippen LogP contribution is -2.16. The van der Waals surface area contributed by atoms with Crippen molar-refractivity contribution in [1.82, 2.24) is 0 Å². The van der Waals surface area contributed by atoms with E-state index in [0.717, 1.165) is 22.6 Å². The molecule has 0 aromatic heterocycles. The van der Waals surface area contributed by atoms with Crippen LogP contribution in [0.25, 0.3) is 0 Å². The average Bonchev–Trinajstić information content (AvgIpc) is 2.80. The number of rotatable bonds is 2. The van der Waals surface area contributed by atoms with E-state index < -0.39 is 0 Å². The second-order valence-corrected chi connectivity index (χ2v) is 4.86. The molecule has 2 rings (SSSR count). The molecule has 3 atom stereocenters. The predicted molar refractivity (Wildman–Crippen MR) is 60.1 cm³/mol. The van der Waals surface area contributed by atoms with Crippen molar-refractivity contribution in [2.45, 2.75) is 33.2 Å². The van der Waals surface area contributed by atoms with E-state index in [2.05, 4.69) is 6.92 Å². The third-order valence-corrected chi connectivity index (χ3v) is 3.52. The first-order chi connectivity index (χ1) is 7.00. The Morgan fingerprint density at radius 2 is 1.80 bits per heavy atom. The minimum absolute atomic E-state index is 0.0839. The van der Waals surface area contributed by atoms with Crippen LogP contribution in [0, 0.1) is 31.5 Å². The fraction of sp³-hybridized carbons (Fsp3) is 0.538. The maximum absolute atomic E-state index is 13.1. The minimum atomic E-state index is -0.162. The lowest BCUT2D eigenvalue weighted by atomic mass is 9.93. The summed E-state index contributed by atoms with van der Waals surface area (Å²) in [5.41, 5.74) is 9.33. The van der Waals surface area contributed by atoms with Gasteiger partial charge in [-0.1, -0.05) is 6.92 Å². The number of halogens is 1. The zero-order valence-electron chi connectivity index (χ0n) is 9.55. The minimum Gasteiger partial charge on any atom is -0.324 e. The van der Waals surface area contributed by atoms with Crippen LogP contribution in [0.4, 0.5) is 4.39 Å². The molecule has 0 spiro atoms. The van der Waals surface area contributed by atoms with E-state index in [9.17, 15) is 4.39 Å². The van der Waals surface area contributed by atoms with E-state index in [4.69, 9.17) is 5.73 Å². The smallest absolute Gasteiger partial charge is 0.123 e. The first-order valence-corrected chi connectivity index (χ1v) is 5.53. The second kappa shape index (κ2) is 3.60.